The molecule has 2 rings (SSSR count). The van der Waals surface area contributed by atoms with Gasteiger partial charge >= 0.3 is 0 Å². The molecule has 0 spiro atoms. The molecule has 0 unspecified atom stereocenters. The van der Waals surface area contributed by atoms with Crippen molar-refractivity contribution in [1.29, 1.82) is 0 Å². The van der Waals surface area contributed by atoms with Crippen LogP contribution < -0.4 is 5.32 Å². The molecule has 1 N–H and O–H groups in total. The number of guanidine groups is 1. The van der Waals surface area contributed by atoms with E-state index in [9.17, 15) is 0 Å². The monoisotopic (exact) mass is 350 g/mol. The molecular formula is C17H27ClN6. The number of aromatic nitrogens is 3. The summed E-state index contributed by atoms with van der Waals surface area (Å²) in [6, 6.07) is 4.08. The first-order chi connectivity index (χ1) is 11.4. The summed E-state index contributed by atoms with van der Waals surface area (Å²) in [4.78, 5) is 6.45. The highest BCUT2D eigenvalue weighted by atomic mass is 35.5. The zero-order valence-corrected chi connectivity index (χ0v) is 15.9. The van der Waals surface area contributed by atoms with E-state index in [2.05, 4.69) is 38.0 Å². The molecule has 0 bridgehead atoms. The number of hydrogen-bond donors (Lipinski definition) is 1. The van der Waals surface area contributed by atoms with Crippen molar-refractivity contribution in [3.63, 3.8) is 0 Å². The number of nitrogens with one attached hydrogen (secondary N) is 1. The van der Waals surface area contributed by atoms with E-state index in [1.165, 1.54) is 5.69 Å². The minimum atomic E-state index is 0.750. The Morgan fingerprint density at radius 3 is 2.67 bits per heavy atom. The summed E-state index contributed by atoms with van der Waals surface area (Å²) in [5.41, 5.74) is 3.42. The average molecular weight is 351 g/mol. The fourth-order valence-corrected chi connectivity index (χ4v) is 3.03. The van der Waals surface area contributed by atoms with Crippen LogP contribution >= 0.6 is 11.6 Å². The standard InChI is InChI=1S/C17H27ClN6/c1-13-9-14(2)24(21-13)8-6-7-20-17(19-3)23(5)12-16-10-15(18)11-22(16)4/h9-11H,6-8,12H2,1-5H3,(H,19,20). The fourth-order valence-electron chi connectivity index (χ4n) is 2.76. The number of nitrogens with zero attached hydrogens (tertiary/aromatic N) is 5. The zero-order valence-electron chi connectivity index (χ0n) is 15.2. The van der Waals surface area contributed by atoms with Crippen LogP contribution in [0.1, 0.15) is 23.5 Å². The third kappa shape index (κ3) is 4.77. The Balaban J connectivity index is 1.81. The largest absolute Gasteiger partial charge is 0.356 e. The number of rotatable bonds is 6. The molecule has 0 atom stereocenters. The van der Waals surface area contributed by atoms with Gasteiger partial charge in [-0.05, 0) is 32.4 Å². The van der Waals surface area contributed by atoms with E-state index in [0.29, 0.717) is 0 Å². The van der Waals surface area contributed by atoms with Crippen LogP contribution in [0.4, 0.5) is 0 Å². The predicted molar refractivity (Wildman–Crippen MR) is 99.6 cm³/mol. The Morgan fingerprint density at radius 2 is 2.12 bits per heavy atom. The van der Waals surface area contributed by atoms with E-state index in [1.807, 2.05) is 37.8 Å². The highest BCUT2D eigenvalue weighted by Gasteiger charge is 2.09. The van der Waals surface area contributed by atoms with Gasteiger partial charge in [0.15, 0.2) is 5.96 Å². The highest BCUT2D eigenvalue weighted by Crippen LogP contribution is 2.14. The Bertz CT molecular complexity index is 700. The zero-order chi connectivity index (χ0) is 17.7. The van der Waals surface area contributed by atoms with Gasteiger partial charge in [-0.25, -0.2) is 0 Å². The minimum absolute atomic E-state index is 0.750. The molecule has 24 heavy (non-hydrogen) atoms. The van der Waals surface area contributed by atoms with Crippen molar-refractivity contribution >= 4 is 17.6 Å². The van der Waals surface area contributed by atoms with Gasteiger partial charge in [-0.15, -0.1) is 0 Å². The van der Waals surface area contributed by atoms with E-state index in [-0.39, 0.29) is 0 Å². The van der Waals surface area contributed by atoms with Gasteiger partial charge in [0.1, 0.15) is 0 Å². The van der Waals surface area contributed by atoms with Crippen molar-refractivity contribution < 1.29 is 0 Å². The quantitative estimate of drug-likeness (QED) is 0.495. The summed E-state index contributed by atoms with van der Waals surface area (Å²) in [5.74, 6) is 0.876. The van der Waals surface area contributed by atoms with Gasteiger partial charge in [0, 0.05) is 51.8 Å². The van der Waals surface area contributed by atoms with Crippen molar-refractivity contribution in [1.82, 2.24) is 24.6 Å². The topological polar surface area (TPSA) is 50.4 Å². The number of hydrogen-bond acceptors (Lipinski definition) is 2. The van der Waals surface area contributed by atoms with Gasteiger partial charge in [0.05, 0.1) is 17.3 Å². The van der Waals surface area contributed by atoms with Crippen molar-refractivity contribution in [3.8, 4) is 0 Å². The lowest BCUT2D eigenvalue weighted by molar-refractivity contribution is 0.457. The Kier molecular flexibility index (Phi) is 6.31. The average Bonchev–Trinajstić information content (AvgIpc) is 3.00. The highest BCUT2D eigenvalue weighted by molar-refractivity contribution is 6.30. The molecule has 0 aromatic carbocycles. The van der Waals surface area contributed by atoms with E-state index in [4.69, 9.17) is 11.6 Å². The van der Waals surface area contributed by atoms with Crippen molar-refractivity contribution in [3.05, 3.63) is 40.4 Å². The second-order valence-corrected chi connectivity index (χ2v) is 6.53. The van der Waals surface area contributed by atoms with E-state index >= 15 is 0 Å². The molecule has 0 radical (unpaired) electrons. The summed E-state index contributed by atoms with van der Waals surface area (Å²) < 4.78 is 4.09. The van der Waals surface area contributed by atoms with E-state index in [1.54, 1.807) is 7.05 Å². The van der Waals surface area contributed by atoms with Crippen molar-refractivity contribution in [2.45, 2.75) is 33.4 Å². The summed E-state index contributed by atoms with van der Waals surface area (Å²) >= 11 is 6.04. The number of aryl methyl sites for hydroxylation is 4. The lowest BCUT2D eigenvalue weighted by Gasteiger charge is -2.22. The normalized spacial score (nSPS) is 11.8. The number of halogens is 1. The third-order valence-electron chi connectivity index (χ3n) is 3.98. The molecular weight excluding hydrogens is 324 g/mol. The molecule has 0 aliphatic heterocycles. The van der Waals surface area contributed by atoms with Gasteiger partial charge in [-0.3, -0.25) is 9.67 Å². The molecule has 2 heterocycles. The Labute approximate surface area is 149 Å². The van der Waals surface area contributed by atoms with Crippen LogP contribution in [0.25, 0.3) is 0 Å². The molecule has 0 saturated heterocycles. The van der Waals surface area contributed by atoms with Gasteiger partial charge < -0.3 is 14.8 Å². The van der Waals surface area contributed by atoms with Gasteiger partial charge in [0.25, 0.3) is 0 Å². The van der Waals surface area contributed by atoms with Crippen LogP contribution in [0, 0.1) is 13.8 Å². The molecule has 2 aromatic heterocycles. The maximum absolute atomic E-state index is 6.04. The summed E-state index contributed by atoms with van der Waals surface area (Å²) in [5, 5.41) is 8.65. The van der Waals surface area contributed by atoms with Gasteiger partial charge in [-0.2, -0.15) is 5.10 Å². The van der Waals surface area contributed by atoms with Crippen LogP contribution in [0.15, 0.2) is 23.3 Å². The molecule has 0 saturated carbocycles. The summed E-state index contributed by atoms with van der Waals surface area (Å²) in [7, 11) is 5.83. The summed E-state index contributed by atoms with van der Waals surface area (Å²) in [6.45, 7) is 6.62. The Morgan fingerprint density at radius 1 is 1.38 bits per heavy atom. The molecule has 7 heteroatoms. The molecule has 0 aliphatic rings. The van der Waals surface area contributed by atoms with Gasteiger partial charge in [-0.1, -0.05) is 11.6 Å². The summed E-state index contributed by atoms with van der Waals surface area (Å²) in [6.07, 6.45) is 2.90. The maximum Gasteiger partial charge on any atom is 0.193 e. The molecule has 0 fully saturated rings. The smallest absolute Gasteiger partial charge is 0.193 e. The first-order valence-corrected chi connectivity index (χ1v) is 8.52. The lowest BCUT2D eigenvalue weighted by atomic mass is 10.3. The second-order valence-electron chi connectivity index (χ2n) is 6.09. The fraction of sp³-hybridized carbons (Fsp3) is 0.529. The minimum Gasteiger partial charge on any atom is -0.356 e. The second kappa shape index (κ2) is 8.24. The van der Waals surface area contributed by atoms with Crippen LogP contribution in [-0.4, -0.2) is 45.8 Å². The van der Waals surface area contributed by atoms with Crippen LogP contribution in [-0.2, 0) is 20.1 Å². The molecule has 0 amide bonds. The SMILES string of the molecule is CN=C(NCCCn1nc(C)cc1C)N(C)Cc1cc(Cl)cn1C. The van der Waals surface area contributed by atoms with Crippen LogP contribution in [0.5, 0.6) is 0 Å². The van der Waals surface area contributed by atoms with E-state index < -0.39 is 0 Å². The molecule has 132 valence electrons. The Hall–Kier alpha value is -1.95. The molecule has 6 nitrogen and oxygen atoms in total. The van der Waals surface area contributed by atoms with Crippen molar-refractivity contribution in [2.75, 3.05) is 20.6 Å². The van der Waals surface area contributed by atoms with Crippen LogP contribution in [0.2, 0.25) is 5.02 Å². The van der Waals surface area contributed by atoms with E-state index in [0.717, 1.165) is 48.4 Å². The first-order valence-electron chi connectivity index (χ1n) is 8.14. The first kappa shape index (κ1) is 18.4. The lowest BCUT2D eigenvalue weighted by Crippen LogP contribution is -2.39. The van der Waals surface area contributed by atoms with Gasteiger partial charge in [0.2, 0.25) is 0 Å². The third-order valence-corrected chi connectivity index (χ3v) is 4.19. The van der Waals surface area contributed by atoms with Crippen molar-refractivity contribution in [2.24, 2.45) is 12.0 Å². The number of aliphatic imine (C=N–C) groups is 1. The molecule has 0 aliphatic carbocycles. The maximum atomic E-state index is 6.04. The molecule has 2 aromatic rings. The predicted octanol–water partition coefficient (Wildman–Crippen LogP) is 2.59. The van der Waals surface area contributed by atoms with Crippen LogP contribution in [0.3, 0.4) is 0 Å².